The SMILES string of the molecule is COc1ccc(C(=O)N2CCN(C)CC2)cc1OC.Cl. The van der Waals surface area contributed by atoms with Gasteiger partial charge in [0.25, 0.3) is 5.91 Å². The molecular weight excluding hydrogens is 280 g/mol. The lowest BCUT2D eigenvalue weighted by atomic mass is 10.1. The summed E-state index contributed by atoms with van der Waals surface area (Å²) in [6.45, 7) is 3.37. The van der Waals surface area contributed by atoms with E-state index in [4.69, 9.17) is 9.47 Å². The van der Waals surface area contributed by atoms with Gasteiger partial charge >= 0.3 is 0 Å². The Kier molecular flexibility index (Phi) is 6.10. The number of benzene rings is 1. The predicted octanol–water partition coefficient (Wildman–Crippen LogP) is 1.51. The van der Waals surface area contributed by atoms with Gasteiger partial charge in [-0.05, 0) is 25.2 Å². The summed E-state index contributed by atoms with van der Waals surface area (Å²) in [7, 11) is 5.22. The highest BCUT2D eigenvalue weighted by Gasteiger charge is 2.21. The van der Waals surface area contributed by atoms with Crippen molar-refractivity contribution in [1.82, 2.24) is 9.80 Å². The summed E-state index contributed by atoms with van der Waals surface area (Å²) in [5.74, 6) is 1.27. The van der Waals surface area contributed by atoms with Gasteiger partial charge in [-0.25, -0.2) is 0 Å². The van der Waals surface area contributed by atoms with E-state index in [-0.39, 0.29) is 18.3 Å². The monoisotopic (exact) mass is 300 g/mol. The van der Waals surface area contributed by atoms with Crippen molar-refractivity contribution >= 4 is 18.3 Å². The number of rotatable bonds is 3. The molecule has 1 fully saturated rings. The summed E-state index contributed by atoms with van der Waals surface area (Å²) in [6.07, 6.45) is 0. The van der Waals surface area contributed by atoms with Gasteiger partial charge in [-0.15, -0.1) is 12.4 Å². The fraction of sp³-hybridized carbons (Fsp3) is 0.500. The molecule has 1 aromatic rings. The maximum Gasteiger partial charge on any atom is 0.254 e. The zero-order valence-electron chi connectivity index (χ0n) is 12.1. The van der Waals surface area contributed by atoms with E-state index in [1.807, 2.05) is 4.90 Å². The molecule has 0 N–H and O–H groups in total. The molecule has 0 aromatic heterocycles. The molecule has 1 aliphatic heterocycles. The van der Waals surface area contributed by atoms with Crippen molar-refractivity contribution in [2.75, 3.05) is 47.4 Å². The quantitative estimate of drug-likeness (QED) is 0.849. The van der Waals surface area contributed by atoms with E-state index >= 15 is 0 Å². The molecule has 1 heterocycles. The molecular formula is C14H21ClN2O3. The van der Waals surface area contributed by atoms with Gasteiger partial charge in [0.1, 0.15) is 0 Å². The van der Waals surface area contributed by atoms with Crippen molar-refractivity contribution in [3.8, 4) is 11.5 Å². The molecule has 0 atom stereocenters. The van der Waals surface area contributed by atoms with Crippen LogP contribution in [0.15, 0.2) is 18.2 Å². The summed E-state index contributed by atoms with van der Waals surface area (Å²) < 4.78 is 10.4. The van der Waals surface area contributed by atoms with Gasteiger partial charge in [0.05, 0.1) is 14.2 Å². The first-order valence-corrected chi connectivity index (χ1v) is 6.35. The van der Waals surface area contributed by atoms with Crippen molar-refractivity contribution in [1.29, 1.82) is 0 Å². The second-order valence-corrected chi connectivity index (χ2v) is 4.67. The Balaban J connectivity index is 0.00000200. The van der Waals surface area contributed by atoms with Crippen molar-refractivity contribution in [3.05, 3.63) is 23.8 Å². The molecule has 1 aromatic carbocycles. The number of hydrogen-bond acceptors (Lipinski definition) is 4. The average Bonchev–Trinajstić information content (AvgIpc) is 2.46. The standard InChI is InChI=1S/C14H20N2O3.ClH/c1-15-6-8-16(9-7-15)14(17)11-4-5-12(18-2)13(10-11)19-3;/h4-5,10H,6-9H2,1-3H3;1H. The Morgan fingerprint density at radius 3 is 2.20 bits per heavy atom. The van der Waals surface area contributed by atoms with Gasteiger partial charge in [0.15, 0.2) is 11.5 Å². The number of carbonyl (C=O) groups excluding carboxylic acids is 1. The molecule has 1 amide bonds. The molecule has 0 unspecified atom stereocenters. The number of likely N-dealkylation sites (N-methyl/N-ethyl adjacent to an activating group) is 1. The number of nitrogens with zero attached hydrogens (tertiary/aromatic N) is 2. The van der Waals surface area contributed by atoms with E-state index in [1.165, 1.54) is 0 Å². The molecule has 0 saturated carbocycles. The van der Waals surface area contributed by atoms with Crippen LogP contribution in [0.25, 0.3) is 0 Å². The molecule has 5 nitrogen and oxygen atoms in total. The van der Waals surface area contributed by atoms with E-state index in [0.29, 0.717) is 17.1 Å². The van der Waals surface area contributed by atoms with Crippen LogP contribution in [-0.2, 0) is 0 Å². The Morgan fingerprint density at radius 1 is 1.05 bits per heavy atom. The molecule has 1 aliphatic rings. The first-order valence-electron chi connectivity index (χ1n) is 6.35. The number of hydrogen-bond donors (Lipinski definition) is 0. The highest BCUT2D eigenvalue weighted by molar-refractivity contribution is 5.95. The Labute approximate surface area is 125 Å². The largest absolute Gasteiger partial charge is 0.493 e. The molecule has 6 heteroatoms. The van der Waals surface area contributed by atoms with Crippen LogP contribution in [0.4, 0.5) is 0 Å². The molecule has 2 rings (SSSR count). The summed E-state index contributed by atoms with van der Waals surface area (Å²) in [6, 6.07) is 5.28. The van der Waals surface area contributed by atoms with Gasteiger partial charge in [-0.1, -0.05) is 0 Å². The Morgan fingerprint density at radius 2 is 1.65 bits per heavy atom. The van der Waals surface area contributed by atoms with Crippen LogP contribution in [0.5, 0.6) is 11.5 Å². The zero-order valence-corrected chi connectivity index (χ0v) is 12.9. The van der Waals surface area contributed by atoms with Crippen LogP contribution in [0.3, 0.4) is 0 Å². The Hall–Kier alpha value is -1.46. The third-order valence-corrected chi connectivity index (χ3v) is 3.42. The fourth-order valence-electron chi connectivity index (χ4n) is 2.16. The molecule has 20 heavy (non-hydrogen) atoms. The van der Waals surface area contributed by atoms with Crippen LogP contribution in [0, 0.1) is 0 Å². The third-order valence-electron chi connectivity index (χ3n) is 3.42. The number of ether oxygens (including phenoxy) is 2. The third kappa shape index (κ3) is 3.55. The zero-order chi connectivity index (χ0) is 13.8. The maximum atomic E-state index is 12.4. The van der Waals surface area contributed by atoms with Gasteiger partial charge in [0, 0.05) is 31.7 Å². The first-order chi connectivity index (χ1) is 9.15. The second kappa shape index (κ2) is 7.36. The lowest BCUT2D eigenvalue weighted by molar-refractivity contribution is 0.0663. The van der Waals surface area contributed by atoms with E-state index in [1.54, 1.807) is 32.4 Å². The van der Waals surface area contributed by atoms with Crippen molar-refractivity contribution in [2.45, 2.75) is 0 Å². The molecule has 0 spiro atoms. The van der Waals surface area contributed by atoms with Crippen LogP contribution in [0.2, 0.25) is 0 Å². The number of carbonyl (C=O) groups is 1. The number of piperazine rings is 1. The molecule has 0 radical (unpaired) electrons. The lowest BCUT2D eigenvalue weighted by Crippen LogP contribution is -2.47. The smallest absolute Gasteiger partial charge is 0.254 e. The van der Waals surface area contributed by atoms with Crippen LogP contribution >= 0.6 is 12.4 Å². The maximum absolute atomic E-state index is 12.4. The van der Waals surface area contributed by atoms with Gasteiger partial charge < -0.3 is 19.3 Å². The van der Waals surface area contributed by atoms with Crippen molar-refractivity contribution < 1.29 is 14.3 Å². The van der Waals surface area contributed by atoms with Gasteiger partial charge in [0.2, 0.25) is 0 Å². The summed E-state index contributed by atoms with van der Waals surface area (Å²) in [5, 5.41) is 0. The summed E-state index contributed by atoms with van der Waals surface area (Å²) in [4.78, 5) is 16.5. The molecule has 0 bridgehead atoms. The Bertz CT molecular complexity index is 460. The van der Waals surface area contributed by atoms with E-state index in [9.17, 15) is 4.79 Å². The van der Waals surface area contributed by atoms with Crippen LogP contribution < -0.4 is 9.47 Å². The van der Waals surface area contributed by atoms with Gasteiger partial charge in [-0.2, -0.15) is 0 Å². The first kappa shape index (κ1) is 16.6. The average molecular weight is 301 g/mol. The minimum absolute atomic E-state index is 0. The second-order valence-electron chi connectivity index (χ2n) is 4.67. The molecule has 112 valence electrons. The molecule has 0 aliphatic carbocycles. The van der Waals surface area contributed by atoms with E-state index in [0.717, 1.165) is 26.2 Å². The van der Waals surface area contributed by atoms with Crippen molar-refractivity contribution in [3.63, 3.8) is 0 Å². The highest BCUT2D eigenvalue weighted by atomic mass is 35.5. The number of amides is 1. The van der Waals surface area contributed by atoms with Crippen LogP contribution in [0.1, 0.15) is 10.4 Å². The highest BCUT2D eigenvalue weighted by Crippen LogP contribution is 2.28. The van der Waals surface area contributed by atoms with E-state index < -0.39 is 0 Å². The predicted molar refractivity (Wildman–Crippen MR) is 80.2 cm³/mol. The minimum Gasteiger partial charge on any atom is -0.493 e. The van der Waals surface area contributed by atoms with Gasteiger partial charge in [-0.3, -0.25) is 4.79 Å². The van der Waals surface area contributed by atoms with E-state index in [2.05, 4.69) is 11.9 Å². The van der Waals surface area contributed by atoms with Crippen LogP contribution in [-0.4, -0.2) is 63.2 Å². The summed E-state index contributed by atoms with van der Waals surface area (Å²) >= 11 is 0. The normalized spacial score (nSPS) is 15.4. The fourth-order valence-corrected chi connectivity index (χ4v) is 2.16. The number of methoxy groups -OCH3 is 2. The lowest BCUT2D eigenvalue weighted by Gasteiger charge is -2.32. The topological polar surface area (TPSA) is 42.0 Å². The summed E-state index contributed by atoms with van der Waals surface area (Å²) in [5.41, 5.74) is 0.641. The number of halogens is 1. The van der Waals surface area contributed by atoms with Crippen molar-refractivity contribution in [2.24, 2.45) is 0 Å². The minimum atomic E-state index is 0. The molecule has 1 saturated heterocycles.